The number of nitrogens with one attached hydrogen (secondary N) is 3. The van der Waals surface area contributed by atoms with Gasteiger partial charge in [0.1, 0.15) is 35.5 Å². The number of hydrogen-bond acceptors (Lipinski definition) is 16. The molecule has 398 valence electrons. The van der Waals surface area contributed by atoms with Gasteiger partial charge >= 0.3 is 0 Å². The van der Waals surface area contributed by atoms with Gasteiger partial charge in [0.2, 0.25) is 5.88 Å². The van der Waals surface area contributed by atoms with Crippen molar-refractivity contribution in [2.75, 3.05) is 81.0 Å². The number of alkyl halides is 1. The van der Waals surface area contributed by atoms with Crippen LogP contribution in [0.25, 0.3) is 11.0 Å². The highest BCUT2D eigenvalue weighted by molar-refractivity contribution is 7.90. The molecule has 4 saturated heterocycles. The molecule has 19 nitrogen and oxygen atoms in total. The number of H-pyrrole nitrogens is 1. The van der Waals surface area contributed by atoms with Gasteiger partial charge in [-0.1, -0.05) is 18.2 Å². The first-order chi connectivity index (χ1) is 36.2. The van der Waals surface area contributed by atoms with E-state index >= 15 is 4.39 Å². The van der Waals surface area contributed by atoms with E-state index in [4.69, 9.17) is 33.4 Å². The zero-order valence-corrected chi connectivity index (χ0v) is 42.9. The molecule has 5 fully saturated rings. The summed E-state index contributed by atoms with van der Waals surface area (Å²) in [6, 6.07) is 18.9. The van der Waals surface area contributed by atoms with Crippen molar-refractivity contribution < 1.29 is 50.9 Å². The summed E-state index contributed by atoms with van der Waals surface area (Å²) < 4.78 is 83.3. The van der Waals surface area contributed by atoms with Crippen molar-refractivity contribution >= 4 is 55.4 Å². The quantitative estimate of drug-likeness (QED) is 0.0846. The lowest BCUT2D eigenvalue weighted by Gasteiger charge is -2.46. The van der Waals surface area contributed by atoms with E-state index in [0.717, 1.165) is 86.3 Å². The molecule has 75 heavy (non-hydrogen) atoms. The average Bonchev–Trinajstić information content (AvgIpc) is 4.05. The highest BCUT2D eigenvalue weighted by Crippen LogP contribution is 2.51. The van der Waals surface area contributed by atoms with Crippen molar-refractivity contribution in [3.8, 4) is 17.4 Å². The number of sulfonamides is 1. The fourth-order valence-electron chi connectivity index (χ4n) is 12.9. The van der Waals surface area contributed by atoms with E-state index in [1.165, 1.54) is 0 Å². The second-order valence-electron chi connectivity index (χ2n) is 21.5. The highest BCUT2D eigenvalue weighted by atomic mass is 32.2. The molecular formula is C54H63FN8O11S. The van der Waals surface area contributed by atoms with Crippen LogP contribution in [0.15, 0.2) is 77.8 Å². The molecule has 1 amide bonds. The number of para-hydroxylation sites is 1. The third kappa shape index (κ3) is 9.37. The van der Waals surface area contributed by atoms with Crippen LogP contribution >= 0.6 is 0 Å². The first-order valence-electron chi connectivity index (χ1n) is 26.3. The summed E-state index contributed by atoms with van der Waals surface area (Å²) in [5.41, 5.74) is 1.26. The topological polar surface area (TPSA) is 212 Å². The number of nitro groups is 1. The molecule has 21 heteroatoms. The van der Waals surface area contributed by atoms with Crippen molar-refractivity contribution in [3.05, 3.63) is 94.2 Å². The third-order valence-electron chi connectivity index (χ3n) is 16.5. The molecule has 1 saturated carbocycles. The number of nitro benzene ring substituents is 1. The Kier molecular flexibility index (Phi) is 13.0. The summed E-state index contributed by atoms with van der Waals surface area (Å²) in [5.74, 6) is 0.136. The Hall–Kier alpha value is -6.26. The van der Waals surface area contributed by atoms with Gasteiger partial charge in [-0.2, -0.15) is 4.98 Å². The van der Waals surface area contributed by atoms with Crippen LogP contribution in [0.1, 0.15) is 87.2 Å². The summed E-state index contributed by atoms with van der Waals surface area (Å²) in [5, 5.41) is 16.3. The monoisotopic (exact) mass is 1050 g/mol. The molecule has 1 spiro atoms. The lowest BCUT2D eigenvalue weighted by molar-refractivity contribution is -0.384. The molecule has 0 bridgehead atoms. The van der Waals surface area contributed by atoms with Crippen LogP contribution in [-0.4, -0.2) is 136 Å². The minimum absolute atomic E-state index is 0.0287. The largest absolute Gasteiger partial charge is 0.491 e. The lowest BCUT2D eigenvalue weighted by Crippen LogP contribution is -2.53. The molecule has 3 N–H and O–H groups in total. The van der Waals surface area contributed by atoms with Gasteiger partial charge < -0.3 is 48.5 Å². The smallest absolute Gasteiger partial charge is 0.297 e. The fourth-order valence-corrected chi connectivity index (χ4v) is 13.9. The zero-order valence-electron chi connectivity index (χ0n) is 42.1. The van der Waals surface area contributed by atoms with Crippen LogP contribution in [0.5, 0.6) is 17.4 Å². The van der Waals surface area contributed by atoms with Crippen LogP contribution in [0, 0.1) is 15.5 Å². The number of benzene rings is 3. The number of fused-ring (bicyclic) bond motifs is 4. The van der Waals surface area contributed by atoms with Crippen molar-refractivity contribution in [2.45, 2.75) is 112 Å². The Bertz CT molecular complexity index is 3120. The van der Waals surface area contributed by atoms with Gasteiger partial charge in [-0.05, 0) is 94.2 Å². The molecule has 6 atom stereocenters. The van der Waals surface area contributed by atoms with Gasteiger partial charge in [0, 0.05) is 93.3 Å². The van der Waals surface area contributed by atoms with E-state index in [2.05, 4.69) is 47.9 Å². The number of ether oxygens (including phenoxy) is 6. The van der Waals surface area contributed by atoms with Gasteiger partial charge in [-0.25, -0.2) is 17.5 Å². The number of rotatable bonds is 11. The van der Waals surface area contributed by atoms with Gasteiger partial charge in [-0.3, -0.25) is 19.8 Å². The Balaban J connectivity index is 0.873. The molecule has 1 unspecified atom stereocenters. The average molecular weight is 1050 g/mol. The highest BCUT2D eigenvalue weighted by Gasteiger charge is 2.48. The molecule has 2 aromatic heterocycles. The number of aromatic nitrogens is 2. The number of amides is 1. The van der Waals surface area contributed by atoms with E-state index < -0.39 is 49.3 Å². The Morgan fingerprint density at radius 2 is 1.79 bits per heavy atom. The maximum Gasteiger partial charge on any atom is 0.297 e. The third-order valence-corrected chi connectivity index (χ3v) is 17.8. The molecule has 0 radical (unpaired) electrons. The number of nitrogens with zero attached hydrogens (tertiary/aromatic N) is 5. The Morgan fingerprint density at radius 1 is 0.947 bits per heavy atom. The summed E-state index contributed by atoms with van der Waals surface area (Å²) in [6.07, 6.45) is 7.21. The van der Waals surface area contributed by atoms with Crippen molar-refractivity contribution in [3.63, 3.8) is 0 Å². The standard InChI is InChI=1S/C54H63FN8O11S/c1-33(2)73-45-7-4-3-6-38(45)44-29-71-23-19-61(44)36-10-14-53(28-36)13-5-18-60(32-53)35-8-9-39(41(25-35)62-40-12-20-70-30-47(40)74-52-43(62)24-34-11-17-56-50(34)58-52)51(64)59-75(67,68)37-26-42(63(65)66)49-46(27-37)72-31-48(57-49)54(55)15-21-69-22-16-54/h3-4,6-9,11,17,24-27,33,36,40,44,47-48,57H,5,10,12-16,18-23,28-32H2,1-2H3,(H,56,58)(H,59,64)/t36-,40+,44+,47+,48+,53?/m1/s1. The number of anilines is 4. The lowest BCUT2D eigenvalue weighted by atomic mass is 9.78. The number of carbonyl (C=O) groups excluding carboxylic acids is 1. The number of hydrogen-bond donors (Lipinski definition) is 3. The molecule has 8 heterocycles. The maximum atomic E-state index is 16.1. The van der Waals surface area contributed by atoms with Crippen LogP contribution in [0.3, 0.4) is 0 Å². The molecule has 5 aromatic rings. The van der Waals surface area contributed by atoms with Gasteiger partial charge in [0.25, 0.3) is 21.6 Å². The number of morpholine rings is 1. The van der Waals surface area contributed by atoms with Crippen LogP contribution in [-0.2, 0) is 24.2 Å². The maximum absolute atomic E-state index is 16.1. The SMILES string of the molecule is CC(C)Oc1ccccc1[C@@H]1COCCN1[C@@H]1CCC2(CCCN(c3ccc(C(=O)NS(=O)(=O)c4cc5c(c([N+](=O)[O-])c4)N[C@H](C4(F)CCOCC4)CO5)c(N4c5cc6cc[nH]c6nc5O[C@H]5COCC[C@@H]54)c3)C2)C1. The molecule has 12 rings (SSSR count). The van der Waals surface area contributed by atoms with Crippen molar-refractivity contribution in [2.24, 2.45) is 5.41 Å². The fraction of sp³-hybridized carbons (Fsp3) is 0.519. The molecule has 6 aliphatic heterocycles. The van der Waals surface area contributed by atoms with Crippen LogP contribution in [0.4, 0.5) is 32.8 Å². The summed E-state index contributed by atoms with van der Waals surface area (Å²) in [7, 11) is -4.80. The molecule has 1 aliphatic carbocycles. The predicted octanol–water partition coefficient (Wildman–Crippen LogP) is 7.97. The Labute approximate surface area is 434 Å². The molecule has 7 aliphatic rings. The van der Waals surface area contributed by atoms with E-state index in [9.17, 15) is 23.3 Å². The van der Waals surface area contributed by atoms with E-state index in [0.29, 0.717) is 55.2 Å². The summed E-state index contributed by atoms with van der Waals surface area (Å²) in [4.78, 5) is 41.3. The second-order valence-corrected chi connectivity index (χ2v) is 23.2. The molecule has 3 aromatic carbocycles. The number of aromatic amines is 1. The zero-order chi connectivity index (χ0) is 51.6. The van der Waals surface area contributed by atoms with Crippen molar-refractivity contribution in [1.29, 1.82) is 0 Å². The van der Waals surface area contributed by atoms with Crippen molar-refractivity contribution in [1.82, 2.24) is 19.6 Å². The van der Waals surface area contributed by atoms with Crippen LogP contribution < -0.4 is 34.0 Å². The van der Waals surface area contributed by atoms with E-state index in [-0.39, 0.29) is 79.9 Å². The van der Waals surface area contributed by atoms with E-state index in [1.807, 2.05) is 44.2 Å². The Morgan fingerprint density at radius 3 is 2.63 bits per heavy atom. The van der Waals surface area contributed by atoms with Gasteiger partial charge in [0.05, 0.1) is 65.1 Å². The summed E-state index contributed by atoms with van der Waals surface area (Å²) in [6.45, 7) is 8.65. The first kappa shape index (κ1) is 49.6. The van der Waals surface area contributed by atoms with Crippen LogP contribution in [0.2, 0.25) is 0 Å². The second kappa shape index (κ2) is 19.7. The number of halogens is 1. The minimum atomic E-state index is -4.80. The van der Waals surface area contributed by atoms with Gasteiger partial charge in [0.15, 0.2) is 11.4 Å². The summed E-state index contributed by atoms with van der Waals surface area (Å²) >= 11 is 0. The minimum Gasteiger partial charge on any atom is -0.491 e. The predicted molar refractivity (Wildman–Crippen MR) is 277 cm³/mol. The number of carbonyl (C=O) groups is 1. The number of piperidine rings is 1. The first-order valence-corrected chi connectivity index (χ1v) is 27.8. The van der Waals surface area contributed by atoms with E-state index in [1.54, 1.807) is 12.3 Å². The van der Waals surface area contributed by atoms with Gasteiger partial charge in [-0.15, -0.1) is 0 Å². The molecular weight excluding hydrogens is 988 g/mol. The number of pyridine rings is 1. The normalized spacial score (nSPS) is 26.6.